The number of carbonyl (C=O) groups is 1. The van der Waals surface area contributed by atoms with Gasteiger partial charge in [-0.05, 0) is 43.2 Å². The van der Waals surface area contributed by atoms with Crippen molar-refractivity contribution in [2.24, 2.45) is 5.92 Å². The molecule has 4 nitrogen and oxygen atoms in total. The lowest BCUT2D eigenvalue weighted by molar-refractivity contribution is -0.136. The van der Waals surface area contributed by atoms with E-state index in [1.54, 1.807) is 0 Å². The first-order valence-electron chi connectivity index (χ1n) is 8.19. The van der Waals surface area contributed by atoms with Gasteiger partial charge in [-0.25, -0.2) is 0 Å². The average Bonchev–Trinajstić information content (AvgIpc) is 3.23. The molecule has 2 atom stereocenters. The predicted molar refractivity (Wildman–Crippen MR) is 84.2 cm³/mol. The molecular weight excluding hydrogens is 274 g/mol. The number of likely N-dealkylation sites (tertiary alicyclic amines) is 1. The second kappa shape index (κ2) is 5.59. The van der Waals surface area contributed by atoms with Crippen molar-refractivity contribution in [2.75, 3.05) is 6.54 Å². The maximum atomic E-state index is 13.0. The lowest BCUT2D eigenvalue weighted by Gasteiger charge is -2.30. The third-order valence-corrected chi connectivity index (χ3v) is 5.09. The van der Waals surface area contributed by atoms with Crippen LogP contribution in [0.4, 0.5) is 0 Å². The second-order valence-electron chi connectivity index (χ2n) is 6.41. The van der Waals surface area contributed by atoms with E-state index in [1.807, 2.05) is 12.3 Å². The van der Waals surface area contributed by atoms with Gasteiger partial charge in [-0.1, -0.05) is 30.3 Å². The van der Waals surface area contributed by atoms with E-state index in [1.165, 1.54) is 16.8 Å². The van der Waals surface area contributed by atoms with Crippen molar-refractivity contribution in [3.05, 3.63) is 53.3 Å². The number of aromatic nitrogens is 2. The number of fused-ring (bicyclic) bond motifs is 1. The second-order valence-corrected chi connectivity index (χ2v) is 6.41. The van der Waals surface area contributed by atoms with Crippen LogP contribution in [0.3, 0.4) is 0 Å². The Morgan fingerprint density at radius 3 is 2.95 bits per heavy atom. The number of amides is 1. The molecule has 1 N–H and O–H groups in total. The van der Waals surface area contributed by atoms with E-state index in [0.29, 0.717) is 5.91 Å². The lowest BCUT2D eigenvalue weighted by atomic mass is 9.86. The van der Waals surface area contributed by atoms with E-state index in [2.05, 4.69) is 39.4 Å². The van der Waals surface area contributed by atoms with Crippen LogP contribution in [0.5, 0.6) is 0 Å². The molecule has 2 heterocycles. The maximum absolute atomic E-state index is 13.0. The first-order chi connectivity index (χ1) is 10.8. The number of H-pyrrole nitrogens is 1. The highest BCUT2D eigenvalue weighted by molar-refractivity contribution is 5.80. The Morgan fingerprint density at radius 1 is 1.23 bits per heavy atom. The molecule has 0 radical (unpaired) electrons. The van der Waals surface area contributed by atoms with Gasteiger partial charge < -0.3 is 4.90 Å². The van der Waals surface area contributed by atoms with Gasteiger partial charge >= 0.3 is 0 Å². The molecule has 1 fully saturated rings. The first kappa shape index (κ1) is 13.6. The number of hydrogen-bond donors (Lipinski definition) is 1. The number of aromatic amines is 1. The topological polar surface area (TPSA) is 49.0 Å². The largest absolute Gasteiger partial charge is 0.335 e. The van der Waals surface area contributed by atoms with Crippen molar-refractivity contribution in [1.82, 2.24) is 15.1 Å². The summed E-state index contributed by atoms with van der Waals surface area (Å²) in [5, 5.41) is 7.15. The zero-order chi connectivity index (χ0) is 14.9. The summed E-state index contributed by atoms with van der Waals surface area (Å²) in [6, 6.07) is 10.7. The Labute approximate surface area is 130 Å². The minimum absolute atomic E-state index is 0.120. The zero-order valence-corrected chi connectivity index (χ0v) is 12.7. The maximum Gasteiger partial charge on any atom is 0.226 e. The molecule has 2 aromatic rings. The van der Waals surface area contributed by atoms with E-state index in [9.17, 15) is 4.79 Å². The Balaban J connectivity index is 1.53. The molecule has 0 bridgehead atoms. The first-order valence-corrected chi connectivity index (χ1v) is 8.19. The standard InChI is InChI=1S/C18H21N3O/c22-18(14-8-9-16-15(11-14)12-19-20-16)21-10-4-7-17(21)13-5-2-1-3-6-13/h1-3,5-6,12,14,17H,4,7-11H2,(H,19,20). The molecule has 1 aromatic heterocycles. The highest BCUT2D eigenvalue weighted by atomic mass is 16.2. The molecule has 1 saturated heterocycles. The van der Waals surface area contributed by atoms with Crippen LogP contribution in [-0.4, -0.2) is 27.5 Å². The average molecular weight is 295 g/mol. The fourth-order valence-corrected chi connectivity index (χ4v) is 3.91. The summed E-state index contributed by atoms with van der Waals surface area (Å²) in [6.07, 6.45) is 6.78. The molecule has 2 aliphatic rings. The quantitative estimate of drug-likeness (QED) is 0.926. The molecule has 4 rings (SSSR count). The van der Waals surface area contributed by atoms with Gasteiger partial charge in [-0.2, -0.15) is 5.10 Å². The summed E-state index contributed by atoms with van der Waals surface area (Å²) in [6.45, 7) is 0.896. The van der Waals surface area contributed by atoms with Crippen LogP contribution >= 0.6 is 0 Å². The predicted octanol–water partition coefficient (Wildman–Crippen LogP) is 2.88. The number of aryl methyl sites for hydroxylation is 1. The van der Waals surface area contributed by atoms with E-state index in [0.717, 1.165) is 38.6 Å². The van der Waals surface area contributed by atoms with Gasteiger partial charge in [0.2, 0.25) is 5.91 Å². The van der Waals surface area contributed by atoms with Gasteiger partial charge in [0.15, 0.2) is 0 Å². The van der Waals surface area contributed by atoms with E-state index >= 15 is 0 Å². The van der Waals surface area contributed by atoms with Crippen molar-refractivity contribution in [1.29, 1.82) is 0 Å². The van der Waals surface area contributed by atoms with Gasteiger partial charge in [-0.15, -0.1) is 0 Å². The van der Waals surface area contributed by atoms with Gasteiger partial charge in [-0.3, -0.25) is 9.89 Å². The fourth-order valence-electron chi connectivity index (χ4n) is 3.91. The zero-order valence-electron chi connectivity index (χ0n) is 12.7. The molecule has 1 aliphatic carbocycles. The van der Waals surface area contributed by atoms with Gasteiger partial charge in [0.25, 0.3) is 0 Å². The molecule has 2 unspecified atom stereocenters. The molecule has 4 heteroatoms. The molecule has 114 valence electrons. The smallest absolute Gasteiger partial charge is 0.226 e. The van der Waals surface area contributed by atoms with E-state index in [-0.39, 0.29) is 12.0 Å². The number of benzene rings is 1. The van der Waals surface area contributed by atoms with Crippen LogP contribution in [0, 0.1) is 5.92 Å². The van der Waals surface area contributed by atoms with Crippen LogP contribution in [0.15, 0.2) is 36.5 Å². The van der Waals surface area contributed by atoms with Gasteiger partial charge in [0.1, 0.15) is 0 Å². The summed E-state index contributed by atoms with van der Waals surface area (Å²) in [5.74, 6) is 0.451. The Morgan fingerprint density at radius 2 is 2.09 bits per heavy atom. The highest BCUT2D eigenvalue weighted by Gasteiger charge is 2.35. The normalized spacial score (nSPS) is 24.3. The van der Waals surface area contributed by atoms with Crippen molar-refractivity contribution < 1.29 is 4.79 Å². The summed E-state index contributed by atoms with van der Waals surface area (Å²) in [5.41, 5.74) is 3.71. The minimum Gasteiger partial charge on any atom is -0.335 e. The number of rotatable bonds is 2. The molecule has 0 spiro atoms. The van der Waals surface area contributed by atoms with E-state index in [4.69, 9.17) is 0 Å². The number of hydrogen-bond acceptors (Lipinski definition) is 2. The van der Waals surface area contributed by atoms with Crippen molar-refractivity contribution >= 4 is 5.91 Å². The number of carbonyl (C=O) groups excluding carboxylic acids is 1. The molecule has 1 aliphatic heterocycles. The molecule has 22 heavy (non-hydrogen) atoms. The highest BCUT2D eigenvalue weighted by Crippen LogP contribution is 2.35. The van der Waals surface area contributed by atoms with Crippen molar-refractivity contribution in [3.63, 3.8) is 0 Å². The number of nitrogens with one attached hydrogen (secondary N) is 1. The van der Waals surface area contributed by atoms with Crippen LogP contribution in [0.25, 0.3) is 0 Å². The summed E-state index contributed by atoms with van der Waals surface area (Å²) < 4.78 is 0. The van der Waals surface area contributed by atoms with Crippen LogP contribution in [0.1, 0.15) is 42.1 Å². The van der Waals surface area contributed by atoms with Gasteiger partial charge in [0.05, 0.1) is 12.2 Å². The SMILES string of the molecule is O=C(C1CCc2[nH]ncc2C1)N1CCCC1c1ccccc1. The summed E-state index contributed by atoms with van der Waals surface area (Å²) >= 11 is 0. The monoisotopic (exact) mass is 295 g/mol. The van der Waals surface area contributed by atoms with Crippen molar-refractivity contribution in [2.45, 2.75) is 38.1 Å². The van der Waals surface area contributed by atoms with Crippen LogP contribution in [0.2, 0.25) is 0 Å². The summed E-state index contributed by atoms with van der Waals surface area (Å²) in [7, 11) is 0. The van der Waals surface area contributed by atoms with Gasteiger partial charge in [0, 0.05) is 18.2 Å². The Kier molecular flexibility index (Phi) is 3.45. The lowest BCUT2D eigenvalue weighted by Crippen LogP contribution is -2.38. The number of nitrogens with zero attached hydrogens (tertiary/aromatic N) is 2. The molecule has 1 aromatic carbocycles. The van der Waals surface area contributed by atoms with Crippen molar-refractivity contribution in [3.8, 4) is 0 Å². The fraction of sp³-hybridized carbons (Fsp3) is 0.444. The molecular formula is C18H21N3O. The Bertz CT molecular complexity index is 664. The molecule has 1 amide bonds. The van der Waals surface area contributed by atoms with E-state index < -0.39 is 0 Å². The van der Waals surface area contributed by atoms with Crippen LogP contribution in [-0.2, 0) is 17.6 Å². The minimum atomic E-state index is 0.120. The summed E-state index contributed by atoms with van der Waals surface area (Å²) in [4.78, 5) is 15.1. The Hall–Kier alpha value is -2.10. The third-order valence-electron chi connectivity index (χ3n) is 5.09. The third kappa shape index (κ3) is 2.32. The van der Waals surface area contributed by atoms with Crippen LogP contribution < -0.4 is 0 Å². The molecule has 0 saturated carbocycles.